The molecule has 19 heavy (non-hydrogen) atoms. The number of thiazole rings is 1. The van der Waals surface area contributed by atoms with E-state index in [1.165, 1.54) is 35.5 Å². The van der Waals surface area contributed by atoms with E-state index in [1.807, 2.05) is 0 Å². The third-order valence-electron chi connectivity index (χ3n) is 3.14. The first kappa shape index (κ1) is 13.7. The van der Waals surface area contributed by atoms with Crippen molar-refractivity contribution in [2.45, 2.75) is 19.3 Å². The van der Waals surface area contributed by atoms with Crippen LogP contribution in [0.15, 0.2) is 0 Å². The van der Waals surface area contributed by atoms with Gasteiger partial charge in [0.2, 0.25) is 0 Å². The summed E-state index contributed by atoms with van der Waals surface area (Å²) in [6.45, 7) is 2.25. The first-order valence-corrected chi connectivity index (χ1v) is 7.15. The van der Waals surface area contributed by atoms with Gasteiger partial charge in [-0.15, -0.1) is 6.42 Å². The van der Waals surface area contributed by atoms with Crippen molar-refractivity contribution in [1.29, 1.82) is 0 Å². The van der Waals surface area contributed by atoms with E-state index in [-0.39, 0.29) is 12.5 Å². The average molecular weight is 278 g/mol. The van der Waals surface area contributed by atoms with Crippen LogP contribution in [0.1, 0.15) is 28.9 Å². The highest BCUT2D eigenvalue weighted by atomic mass is 32.1. The number of piperidine rings is 1. The normalized spacial score (nSPS) is 15.1. The molecule has 0 spiro atoms. The molecular weight excluding hydrogens is 260 g/mol. The number of rotatable bonds is 3. The number of anilines is 2. The van der Waals surface area contributed by atoms with Crippen LogP contribution < -0.4 is 10.6 Å². The van der Waals surface area contributed by atoms with Crippen LogP contribution in [0.4, 0.5) is 10.9 Å². The van der Waals surface area contributed by atoms with Gasteiger partial charge >= 0.3 is 0 Å². The fourth-order valence-corrected chi connectivity index (χ4v) is 3.11. The zero-order valence-electron chi connectivity index (χ0n) is 11.1. The van der Waals surface area contributed by atoms with Crippen LogP contribution in [-0.2, 0) is 0 Å². The lowest BCUT2D eigenvalue weighted by Gasteiger charge is -2.25. The summed E-state index contributed by atoms with van der Waals surface area (Å²) in [4.78, 5) is 20.6. The zero-order valence-corrected chi connectivity index (χ0v) is 11.9. The second-order valence-corrected chi connectivity index (χ2v) is 5.60. The summed E-state index contributed by atoms with van der Waals surface area (Å²) in [6.07, 6.45) is 8.80. The molecule has 1 aromatic rings. The van der Waals surface area contributed by atoms with Gasteiger partial charge in [0.15, 0.2) is 5.13 Å². The maximum absolute atomic E-state index is 12.2. The smallest absolute Gasteiger partial charge is 0.268 e. The number of carbonyl (C=O) groups is 1. The fourth-order valence-electron chi connectivity index (χ4n) is 2.08. The minimum absolute atomic E-state index is 0.156. The predicted octanol–water partition coefficient (Wildman–Crippen LogP) is 1.42. The van der Waals surface area contributed by atoms with E-state index in [2.05, 4.69) is 15.8 Å². The number of nitrogens with two attached hydrogens (primary N) is 1. The molecule has 5 nitrogen and oxygen atoms in total. The van der Waals surface area contributed by atoms with Gasteiger partial charge in [-0.05, 0) is 19.3 Å². The van der Waals surface area contributed by atoms with E-state index in [9.17, 15) is 4.79 Å². The molecule has 102 valence electrons. The Morgan fingerprint density at radius 3 is 2.84 bits per heavy atom. The van der Waals surface area contributed by atoms with Crippen LogP contribution in [0.3, 0.4) is 0 Å². The summed E-state index contributed by atoms with van der Waals surface area (Å²) in [5, 5.41) is 0.842. The Balaban J connectivity index is 2.16. The minimum Gasteiger partial charge on any atom is -0.382 e. The van der Waals surface area contributed by atoms with Crippen LogP contribution in [0.25, 0.3) is 0 Å². The summed E-state index contributed by atoms with van der Waals surface area (Å²) in [5.74, 6) is 2.59. The monoisotopic (exact) mass is 278 g/mol. The summed E-state index contributed by atoms with van der Waals surface area (Å²) >= 11 is 1.36. The van der Waals surface area contributed by atoms with E-state index in [0.29, 0.717) is 10.7 Å². The summed E-state index contributed by atoms with van der Waals surface area (Å²) in [7, 11) is 1.67. The standard InChI is InChI=1S/C13H18N4OS/c1-3-7-16(2)12(18)10-11(14)15-13(19-10)17-8-5-4-6-9-17/h1H,4-9,14H2,2H3. The molecule has 6 heteroatoms. The minimum atomic E-state index is -0.156. The molecule has 0 bridgehead atoms. The topological polar surface area (TPSA) is 62.5 Å². The number of aromatic nitrogens is 1. The van der Waals surface area contributed by atoms with Gasteiger partial charge in [-0.1, -0.05) is 17.3 Å². The van der Waals surface area contributed by atoms with Crippen LogP contribution >= 0.6 is 11.3 Å². The van der Waals surface area contributed by atoms with Crippen molar-refractivity contribution in [3.05, 3.63) is 4.88 Å². The lowest BCUT2D eigenvalue weighted by atomic mass is 10.1. The van der Waals surface area contributed by atoms with Crippen LogP contribution in [-0.4, -0.2) is 42.5 Å². The van der Waals surface area contributed by atoms with Crippen molar-refractivity contribution in [2.24, 2.45) is 0 Å². The van der Waals surface area contributed by atoms with Crippen molar-refractivity contribution >= 4 is 28.2 Å². The van der Waals surface area contributed by atoms with Gasteiger partial charge in [0.25, 0.3) is 5.91 Å². The van der Waals surface area contributed by atoms with Gasteiger partial charge < -0.3 is 15.5 Å². The molecule has 0 saturated carbocycles. The number of nitrogens with zero attached hydrogens (tertiary/aromatic N) is 3. The molecule has 2 rings (SSSR count). The maximum Gasteiger partial charge on any atom is 0.268 e. The first-order valence-electron chi connectivity index (χ1n) is 6.33. The van der Waals surface area contributed by atoms with Crippen molar-refractivity contribution in [3.8, 4) is 12.3 Å². The highest BCUT2D eigenvalue weighted by Gasteiger charge is 2.22. The number of amides is 1. The van der Waals surface area contributed by atoms with Gasteiger partial charge in [0.05, 0.1) is 6.54 Å². The Morgan fingerprint density at radius 2 is 2.21 bits per heavy atom. The predicted molar refractivity (Wildman–Crippen MR) is 78.4 cm³/mol. The van der Waals surface area contributed by atoms with E-state index in [0.717, 1.165) is 18.2 Å². The molecule has 1 saturated heterocycles. The van der Waals surface area contributed by atoms with Gasteiger partial charge in [-0.3, -0.25) is 4.79 Å². The van der Waals surface area contributed by atoms with Crippen LogP contribution in [0.5, 0.6) is 0 Å². The Morgan fingerprint density at radius 1 is 1.53 bits per heavy atom. The third kappa shape index (κ3) is 2.99. The zero-order chi connectivity index (χ0) is 13.8. The number of hydrogen-bond acceptors (Lipinski definition) is 5. The first-order chi connectivity index (χ1) is 9.13. The number of nitrogen functional groups attached to an aromatic ring is 1. The van der Waals surface area contributed by atoms with Gasteiger partial charge in [-0.2, -0.15) is 0 Å². The Hall–Kier alpha value is -1.74. The molecule has 0 aliphatic carbocycles. The molecule has 1 fully saturated rings. The Kier molecular flexibility index (Phi) is 4.27. The molecule has 1 aliphatic heterocycles. The second-order valence-electron chi connectivity index (χ2n) is 4.62. The largest absolute Gasteiger partial charge is 0.382 e. The highest BCUT2D eigenvalue weighted by Crippen LogP contribution is 2.30. The molecule has 1 aliphatic rings. The van der Waals surface area contributed by atoms with Crippen molar-refractivity contribution in [2.75, 3.05) is 37.3 Å². The molecule has 2 N–H and O–H groups in total. The molecule has 0 unspecified atom stereocenters. The molecule has 0 radical (unpaired) electrons. The Labute approximate surface area is 117 Å². The number of terminal acetylenes is 1. The van der Waals surface area contributed by atoms with E-state index in [4.69, 9.17) is 12.2 Å². The lowest BCUT2D eigenvalue weighted by Crippen LogP contribution is -2.29. The molecule has 2 heterocycles. The number of carbonyl (C=O) groups excluding carboxylic acids is 1. The molecule has 1 aromatic heterocycles. The molecule has 0 atom stereocenters. The van der Waals surface area contributed by atoms with E-state index >= 15 is 0 Å². The quantitative estimate of drug-likeness (QED) is 0.849. The van der Waals surface area contributed by atoms with Crippen LogP contribution in [0, 0.1) is 12.3 Å². The number of hydrogen-bond donors (Lipinski definition) is 1. The van der Waals surface area contributed by atoms with E-state index in [1.54, 1.807) is 7.05 Å². The Bertz CT molecular complexity index is 499. The molecule has 1 amide bonds. The SMILES string of the molecule is C#CCN(C)C(=O)c1sc(N2CCCCC2)nc1N. The van der Waals surface area contributed by atoms with Gasteiger partial charge in [-0.25, -0.2) is 4.98 Å². The average Bonchev–Trinajstić information content (AvgIpc) is 2.81. The van der Waals surface area contributed by atoms with E-state index < -0.39 is 0 Å². The molecule has 0 aromatic carbocycles. The lowest BCUT2D eigenvalue weighted by molar-refractivity contribution is 0.0818. The summed E-state index contributed by atoms with van der Waals surface area (Å²) < 4.78 is 0. The summed E-state index contributed by atoms with van der Waals surface area (Å²) in [6, 6.07) is 0. The highest BCUT2D eigenvalue weighted by molar-refractivity contribution is 7.18. The van der Waals surface area contributed by atoms with Gasteiger partial charge in [0.1, 0.15) is 10.7 Å². The third-order valence-corrected chi connectivity index (χ3v) is 4.26. The van der Waals surface area contributed by atoms with Crippen molar-refractivity contribution < 1.29 is 4.79 Å². The van der Waals surface area contributed by atoms with Gasteiger partial charge in [0, 0.05) is 20.1 Å². The summed E-state index contributed by atoms with van der Waals surface area (Å²) in [5.41, 5.74) is 5.86. The van der Waals surface area contributed by atoms with Crippen molar-refractivity contribution in [3.63, 3.8) is 0 Å². The molecular formula is C13H18N4OS. The second kappa shape index (κ2) is 5.93. The maximum atomic E-state index is 12.2. The van der Waals surface area contributed by atoms with Crippen molar-refractivity contribution in [1.82, 2.24) is 9.88 Å². The fraction of sp³-hybridized carbons (Fsp3) is 0.538. The van der Waals surface area contributed by atoms with Crippen LogP contribution in [0.2, 0.25) is 0 Å².